The Morgan fingerprint density at radius 1 is 1.50 bits per heavy atom. The number of aromatic nitrogens is 1. The van der Waals surface area contributed by atoms with Crippen molar-refractivity contribution >= 4 is 17.4 Å². The van der Waals surface area contributed by atoms with Crippen molar-refractivity contribution < 1.29 is 8.78 Å². The summed E-state index contributed by atoms with van der Waals surface area (Å²) in [6.45, 7) is 1.04. The third-order valence-corrected chi connectivity index (χ3v) is 2.00. The van der Waals surface area contributed by atoms with Crippen LogP contribution in [0.3, 0.4) is 0 Å². The van der Waals surface area contributed by atoms with E-state index in [0.29, 0.717) is 10.8 Å². The highest BCUT2D eigenvalue weighted by atomic mass is 35.5. The summed E-state index contributed by atoms with van der Waals surface area (Å²) >= 11 is 5.59. The molecule has 0 radical (unpaired) electrons. The van der Waals surface area contributed by atoms with Gasteiger partial charge in [0.05, 0.1) is 11.6 Å². The topological polar surface area (TPSA) is 24.9 Å². The quantitative estimate of drug-likeness (QED) is 0.843. The lowest BCUT2D eigenvalue weighted by atomic mass is 10.2. The Morgan fingerprint density at radius 3 is 2.71 bits per heavy atom. The predicted octanol–water partition coefficient (Wildman–Crippen LogP) is 3.19. The summed E-state index contributed by atoms with van der Waals surface area (Å²) < 4.78 is 25.6. The smallest absolute Gasteiger partial charge is 0.264 e. The van der Waals surface area contributed by atoms with Crippen molar-refractivity contribution in [1.29, 1.82) is 0 Å². The minimum absolute atomic E-state index is 0.187. The van der Waals surface area contributed by atoms with E-state index < -0.39 is 12.5 Å². The van der Waals surface area contributed by atoms with Gasteiger partial charge >= 0.3 is 0 Å². The highest BCUT2D eigenvalue weighted by molar-refractivity contribution is 6.30. The monoisotopic (exact) mass is 220 g/mol. The van der Waals surface area contributed by atoms with E-state index >= 15 is 0 Å². The van der Waals surface area contributed by atoms with Crippen LogP contribution >= 0.6 is 11.6 Å². The van der Waals surface area contributed by atoms with Crippen molar-refractivity contribution in [2.75, 3.05) is 11.9 Å². The van der Waals surface area contributed by atoms with E-state index in [-0.39, 0.29) is 6.42 Å². The van der Waals surface area contributed by atoms with Crippen LogP contribution in [0.15, 0.2) is 18.3 Å². The van der Waals surface area contributed by atoms with Crippen LogP contribution in [0.5, 0.6) is 0 Å². The average molecular weight is 221 g/mol. The maximum atomic E-state index is 12.8. The zero-order valence-electron chi connectivity index (χ0n) is 7.73. The van der Waals surface area contributed by atoms with Gasteiger partial charge in [-0.25, -0.2) is 13.8 Å². The van der Waals surface area contributed by atoms with Gasteiger partial charge in [0.25, 0.3) is 5.92 Å². The van der Waals surface area contributed by atoms with Crippen LogP contribution in [0, 0.1) is 0 Å². The lowest BCUT2D eigenvalue weighted by Crippen LogP contribution is -2.26. The Bertz CT molecular complexity index is 287. The Hall–Kier alpha value is -0.900. The van der Waals surface area contributed by atoms with Crippen LogP contribution in [0.4, 0.5) is 14.6 Å². The first kappa shape index (κ1) is 11.2. The molecule has 5 heteroatoms. The molecule has 0 aliphatic rings. The number of halogens is 3. The minimum Gasteiger partial charge on any atom is -0.364 e. The summed E-state index contributed by atoms with van der Waals surface area (Å²) in [6, 6.07) is 3.16. The second-order valence-corrected chi connectivity index (χ2v) is 3.36. The van der Waals surface area contributed by atoms with Crippen LogP contribution in [-0.2, 0) is 0 Å². The van der Waals surface area contributed by atoms with Gasteiger partial charge in [-0.2, -0.15) is 0 Å². The number of alkyl halides is 2. The SMILES string of the molecule is CCC(F)(F)CNc1ccc(Cl)cn1. The second kappa shape index (κ2) is 4.55. The third-order valence-electron chi connectivity index (χ3n) is 1.77. The molecule has 0 bridgehead atoms. The highest BCUT2D eigenvalue weighted by Crippen LogP contribution is 2.18. The fourth-order valence-electron chi connectivity index (χ4n) is 0.825. The Balaban J connectivity index is 2.50. The molecular formula is C9H11ClF2N2. The van der Waals surface area contributed by atoms with Gasteiger partial charge in [0.1, 0.15) is 5.82 Å². The van der Waals surface area contributed by atoms with Crippen LogP contribution in [0.1, 0.15) is 13.3 Å². The number of hydrogen-bond donors (Lipinski definition) is 1. The zero-order valence-corrected chi connectivity index (χ0v) is 8.48. The highest BCUT2D eigenvalue weighted by Gasteiger charge is 2.25. The third kappa shape index (κ3) is 3.46. The Labute approximate surface area is 86.3 Å². The molecule has 0 saturated carbocycles. The van der Waals surface area contributed by atoms with E-state index in [9.17, 15) is 8.78 Å². The summed E-state index contributed by atoms with van der Waals surface area (Å²) in [5.41, 5.74) is 0. The molecule has 1 aromatic heterocycles. The summed E-state index contributed by atoms with van der Waals surface area (Å²) in [5.74, 6) is -2.29. The normalized spacial score (nSPS) is 11.4. The minimum atomic E-state index is -2.69. The van der Waals surface area contributed by atoms with E-state index in [1.165, 1.54) is 13.1 Å². The van der Waals surface area contributed by atoms with Gasteiger partial charge in [0, 0.05) is 12.6 Å². The molecule has 0 saturated heterocycles. The van der Waals surface area contributed by atoms with Crippen molar-refractivity contribution in [3.05, 3.63) is 23.4 Å². The van der Waals surface area contributed by atoms with Gasteiger partial charge in [-0.1, -0.05) is 18.5 Å². The van der Waals surface area contributed by atoms with Crippen molar-refractivity contribution in [2.24, 2.45) is 0 Å². The molecule has 0 amide bonds. The van der Waals surface area contributed by atoms with Crippen molar-refractivity contribution in [1.82, 2.24) is 4.98 Å². The summed E-state index contributed by atoms with van der Waals surface area (Å²) in [5, 5.41) is 3.03. The zero-order chi connectivity index (χ0) is 10.6. The molecule has 1 N–H and O–H groups in total. The number of pyridine rings is 1. The van der Waals surface area contributed by atoms with Gasteiger partial charge in [-0.15, -0.1) is 0 Å². The molecular weight excluding hydrogens is 210 g/mol. The van der Waals surface area contributed by atoms with E-state index in [2.05, 4.69) is 10.3 Å². The molecule has 14 heavy (non-hydrogen) atoms. The lowest BCUT2D eigenvalue weighted by Gasteiger charge is -2.14. The fraction of sp³-hybridized carbons (Fsp3) is 0.444. The van der Waals surface area contributed by atoms with Gasteiger partial charge in [0.15, 0.2) is 0 Å². The van der Waals surface area contributed by atoms with Gasteiger partial charge in [0.2, 0.25) is 0 Å². The van der Waals surface area contributed by atoms with E-state index in [0.717, 1.165) is 0 Å². The number of anilines is 1. The molecule has 2 nitrogen and oxygen atoms in total. The Kier molecular flexibility index (Phi) is 3.63. The largest absolute Gasteiger partial charge is 0.364 e. The van der Waals surface area contributed by atoms with E-state index in [4.69, 9.17) is 11.6 Å². The van der Waals surface area contributed by atoms with Gasteiger partial charge in [-0.05, 0) is 12.1 Å². The summed E-state index contributed by atoms with van der Waals surface area (Å²) in [7, 11) is 0. The standard InChI is InChI=1S/C9H11ClF2N2/c1-2-9(11,12)6-14-8-4-3-7(10)5-13-8/h3-5H,2,6H2,1H3,(H,13,14). The summed E-state index contributed by atoms with van der Waals surface area (Å²) in [4.78, 5) is 3.84. The molecule has 0 fully saturated rings. The lowest BCUT2D eigenvalue weighted by molar-refractivity contribution is 0.0115. The molecule has 0 unspecified atom stereocenters. The first-order valence-corrected chi connectivity index (χ1v) is 4.64. The van der Waals surface area contributed by atoms with Crippen molar-refractivity contribution in [3.63, 3.8) is 0 Å². The van der Waals surface area contributed by atoms with Crippen LogP contribution in [0.2, 0.25) is 5.02 Å². The maximum Gasteiger partial charge on any atom is 0.264 e. The second-order valence-electron chi connectivity index (χ2n) is 2.92. The van der Waals surface area contributed by atoms with Crippen molar-refractivity contribution in [2.45, 2.75) is 19.3 Å². The van der Waals surface area contributed by atoms with Gasteiger partial charge < -0.3 is 5.32 Å². The molecule has 1 aromatic rings. The molecule has 1 rings (SSSR count). The number of nitrogens with one attached hydrogen (secondary N) is 1. The molecule has 0 aliphatic carbocycles. The van der Waals surface area contributed by atoms with Gasteiger partial charge in [-0.3, -0.25) is 0 Å². The van der Waals surface area contributed by atoms with Crippen LogP contribution in [0.25, 0.3) is 0 Å². The first-order chi connectivity index (χ1) is 6.53. The van der Waals surface area contributed by atoms with Crippen LogP contribution in [-0.4, -0.2) is 17.5 Å². The number of nitrogens with zero attached hydrogens (tertiary/aromatic N) is 1. The molecule has 0 spiro atoms. The average Bonchev–Trinajstić information content (AvgIpc) is 2.17. The van der Waals surface area contributed by atoms with E-state index in [1.807, 2.05) is 0 Å². The Morgan fingerprint density at radius 2 is 2.21 bits per heavy atom. The number of hydrogen-bond acceptors (Lipinski definition) is 2. The molecule has 0 atom stereocenters. The maximum absolute atomic E-state index is 12.8. The van der Waals surface area contributed by atoms with Crippen molar-refractivity contribution in [3.8, 4) is 0 Å². The summed E-state index contributed by atoms with van der Waals surface area (Å²) in [6.07, 6.45) is 1.22. The van der Waals surface area contributed by atoms with Crippen LogP contribution < -0.4 is 5.32 Å². The fourth-order valence-corrected chi connectivity index (χ4v) is 0.937. The first-order valence-electron chi connectivity index (χ1n) is 4.27. The molecule has 78 valence electrons. The predicted molar refractivity (Wildman–Crippen MR) is 53.0 cm³/mol. The van der Waals surface area contributed by atoms with E-state index in [1.54, 1.807) is 12.1 Å². The number of rotatable bonds is 4. The molecule has 0 aromatic carbocycles. The molecule has 0 aliphatic heterocycles. The molecule has 1 heterocycles.